The van der Waals surface area contributed by atoms with Crippen molar-refractivity contribution in [1.82, 2.24) is 15.5 Å². The van der Waals surface area contributed by atoms with E-state index in [0.717, 1.165) is 31.4 Å². The van der Waals surface area contributed by atoms with Gasteiger partial charge in [0, 0.05) is 11.7 Å². The molecule has 1 aliphatic carbocycles. The number of hydrogen-bond donors (Lipinski definition) is 3. The predicted molar refractivity (Wildman–Crippen MR) is 111 cm³/mol. The zero-order valence-corrected chi connectivity index (χ0v) is 17.2. The van der Waals surface area contributed by atoms with Crippen LogP contribution in [-0.4, -0.2) is 41.0 Å². The topological polar surface area (TPSA) is 105 Å². The third kappa shape index (κ3) is 6.38. The molecule has 28 heavy (non-hydrogen) atoms. The molecule has 0 aliphatic heterocycles. The van der Waals surface area contributed by atoms with Gasteiger partial charge in [-0.25, -0.2) is 4.79 Å². The summed E-state index contributed by atoms with van der Waals surface area (Å²) in [6.07, 6.45) is 5.59. The summed E-state index contributed by atoms with van der Waals surface area (Å²) in [4.78, 5) is 24.1. The van der Waals surface area contributed by atoms with Gasteiger partial charge in [0.05, 0.1) is 12.9 Å². The lowest BCUT2D eigenvalue weighted by Crippen LogP contribution is -2.38. The predicted octanol–water partition coefficient (Wildman–Crippen LogP) is 3.73. The SMILES string of the molecule is COc1ccc(NC(=O)CSc2nnc(NC(=O)NC3CCCCC3)s2)cc1. The molecule has 0 bridgehead atoms. The lowest BCUT2D eigenvalue weighted by Gasteiger charge is -2.22. The van der Waals surface area contributed by atoms with Crippen LogP contribution in [0.3, 0.4) is 0 Å². The summed E-state index contributed by atoms with van der Waals surface area (Å²) in [6.45, 7) is 0. The summed E-state index contributed by atoms with van der Waals surface area (Å²) in [7, 11) is 1.59. The molecule has 3 amide bonds. The number of aromatic nitrogens is 2. The number of hydrogen-bond acceptors (Lipinski definition) is 7. The second-order valence-electron chi connectivity index (χ2n) is 6.37. The Bertz CT molecular complexity index is 791. The number of benzene rings is 1. The molecule has 0 radical (unpaired) electrons. The molecule has 1 aliphatic rings. The molecule has 1 aromatic heterocycles. The Labute approximate surface area is 171 Å². The second-order valence-corrected chi connectivity index (χ2v) is 8.57. The number of amides is 3. The van der Waals surface area contributed by atoms with E-state index in [1.807, 2.05) is 0 Å². The van der Waals surface area contributed by atoms with Gasteiger partial charge in [-0.05, 0) is 37.1 Å². The third-order valence-electron chi connectivity index (χ3n) is 4.27. The number of urea groups is 1. The maximum atomic E-state index is 12.1. The zero-order valence-electron chi connectivity index (χ0n) is 15.6. The summed E-state index contributed by atoms with van der Waals surface area (Å²) < 4.78 is 5.71. The first-order chi connectivity index (χ1) is 13.6. The summed E-state index contributed by atoms with van der Waals surface area (Å²) in [5.74, 6) is 0.790. The number of carbonyl (C=O) groups excluding carboxylic acids is 2. The largest absolute Gasteiger partial charge is 0.497 e. The van der Waals surface area contributed by atoms with Crippen molar-refractivity contribution in [1.29, 1.82) is 0 Å². The smallest absolute Gasteiger partial charge is 0.321 e. The molecule has 8 nitrogen and oxygen atoms in total. The molecule has 1 fully saturated rings. The molecular weight excluding hydrogens is 398 g/mol. The van der Waals surface area contributed by atoms with Crippen molar-refractivity contribution in [2.45, 2.75) is 42.5 Å². The normalized spacial score (nSPS) is 14.3. The monoisotopic (exact) mass is 421 g/mol. The van der Waals surface area contributed by atoms with Crippen molar-refractivity contribution in [2.24, 2.45) is 0 Å². The van der Waals surface area contributed by atoms with Gasteiger partial charge in [0.2, 0.25) is 11.0 Å². The van der Waals surface area contributed by atoms with Gasteiger partial charge < -0.3 is 15.4 Å². The van der Waals surface area contributed by atoms with Crippen molar-refractivity contribution in [3.63, 3.8) is 0 Å². The van der Waals surface area contributed by atoms with Gasteiger partial charge in [-0.2, -0.15) is 0 Å². The van der Waals surface area contributed by atoms with Crippen molar-refractivity contribution in [3.05, 3.63) is 24.3 Å². The lowest BCUT2D eigenvalue weighted by atomic mass is 9.96. The molecule has 0 saturated heterocycles. The Morgan fingerprint density at radius 2 is 1.89 bits per heavy atom. The first-order valence-electron chi connectivity index (χ1n) is 9.10. The quantitative estimate of drug-likeness (QED) is 0.465. The fourth-order valence-electron chi connectivity index (χ4n) is 2.88. The molecule has 1 saturated carbocycles. The van der Waals surface area contributed by atoms with E-state index in [-0.39, 0.29) is 23.7 Å². The van der Waals surface area contributed by atoms with Gasteiger partial charge in [-0.15, -0.1) is 10.2 Å². The van der Waals surface area contributed by atoms with Crippen LogP contribution < -0.4 is 20.7 Å². The van der Waals surface area contributed by atoms with Crippen molar-refractivity contribution in [2.75, 3.05) is 23.5 Å². The number of rotatable bonds is 7. The fraction of sp³-hybridized carbons (Fsp3) is 0.444. The van der Waals surface area contributed by atoms with E-state index in [0.29, 0.717) is 15.2 Å². The summed E-state index contributed by atoms with van der Waals surface area (Å²) >= 11 is 2.52. The number of thioether (sulfide) groups is 1. The second kappa shape index (κ2) is 10.3. The molecule has 0 atom stereocenters. The van der Waals surface area contributed by atoms with Crippen molar-refractivity contribution < 1.29 is 14.3 Å². The molecule has 10 heteroatoms. The molecule has 1 aromatic carbocycles. The summed E-state index contributed by atoms with van der Waals surface area (Å²) in [5, 5.41) is 16.9. The van der Waals surface area contributed by atoms with Crippen LogP contribution in [-0.2, 0) is 4.79 Å². The number of nitrogens with zero attached hydrogens (tertiary/aromatic N) is 2. The third-order valence-corrected chi connectivity index (χ3v) is 6.24. The molecule has 0 unspecified atom stereocenters. The van der Waals surface area contributed by atoms with Gasteiger partial charge in [0.15, 0.2) is 4.34 Å². The van der Waals surface area contributed by atoms with Crippen molar-refractivity contribution in [3.8, 4) is 5.75 Å². The van der Waals surface area contributed by atoms with Crippen LogP contribution in [0.4, 0.5) is 15.6 Å². The minimum absolute atomic E-state index is 0.144. The van der Waals surface area contributed by atoms with Crippen LogP contribution in [0.25, 0.3) is 0 Å². The fourth-order valence-corrected chi connectivity index (χ4v) is 4.43. The Morgan fingerprint density at radius 3 is 2.61 bits per heavy atom. The van der Waals surface area contributed by atoms with Gasteiger partial charge >= 0.3 is 6.03 Å². The van der Waals surface area contributed by atoms with E-state index in [4.69, 9.17) is 4.74 Å². The van der Waals surface area contributed by atoms with Crippen LogP contribution in [0.1, 0.15) is 32.1 Å². The summed E-state index contributed by atoms with van der Waals surface area (Å²) in [6, 6.07) is 7.10. The van der Waals surface area contributed by atoms with Crippen LogP contribution >= 0.6 is 23.1 Å². The van der Waals surface area contributed by atoms with Crippen LogP contribution in [0, 0.1) is 0 Å². The molecule has 3 N–H and O–H groups in total. The van der Waals surface area contributed by atoms with Crippen molar-refractivity contribution >= 4 is 45.9 Å². The molecule has 3 rings (SSSR count). The highest BCUT2D eigenvalue weighted by atomic mass is 32.2. The molecule has 0 spiro atoms. The number of ether oxygens (including phenoxy) is 1. The highest BCUT2D eigenvalue weighted by Crippen LogP contribution is 2.26. The number of carbonyl (C=O) groups is 2. The average molecular weight is 422 g/mol. The van der Waals surface area contributed by atoms with E-state index >= 15 is 0 Å². The molecule has 1 heterocycles. The Morgan fingerprint density at radius 1 is 1.14 bits per heavy atom. The van der Waals surface area contributed by atoms with E-state index in [2.05, 4.69) is 26.1 Å². The Hall–Kier alpha value is -2.33. The highest BCUT2D eigenvalue weighted by molar-refractivity contribution is 8.01. The first kappa shape index (κ1) is 20.4. The molecular formula is C18H23N5O3S2. The first-order valence-corrected chi connectivity index (χ1v) is 10.9. The Kier molecular flexibility index (Phi) is 7.49. The zero-order chi connectivity index (χ0) is 19.8. The van der Waals surface area contributed by atoms with Crippen LogP contribution in [0.5, 0.6) is 5.75 Å². The van der Waals surface area contributed by atoms with E-state index < -0.39 is 0 Å². The minimum atomic E-state index is -0.253. The van der Waals surface area contributed by atoms with E-state index in [1.54, 1.807) is 31.4 Å². The lowest BCUT2D eigenvalue weighted by molar-refractivity contribution is -0.113. The van der Waals surface area contributed by atoms with E-state index in [1.165, 1.54) is 29.5 Å². The van der Waals surface area contributed by atoms with Gasteiger partial charge in [-0.1, -0.05) is 42.4 Å². The van der Waals surface area contributed by atoms with Crippen LogP contribution in [0.2, 0.25) is 0 Å². The standard InChI is InChI=1S/C18H23N5O3S2/c1-26-14-9-7-13(8-10-14)19-15(24)11-27-18-23-22-17(28-18)21-16(25)20-12-5-3-2-4-6-12/h7-10,12H,2-6,11H2,1H3,(H,19,24)(H2,20,21,22,25). The molecule has 2 aromatic rings. The molecule has 150 valence electrons. The highest BCUT2D eigenvalue weighted by Gasteiger charge is 2.17. The van der Waals surface area contributed by atoms with Gasteiger partial charge in [0.1, 0.15) is 5.75 Å². The Balaban J connectivity index is 1.40. The van der Waals surface area contributed by atoms with Crippen LogP contribution in [0.15, 0.2) is 28.6 Å². The maximum Gasteiger partial charge on any atom is 0.321 e. The minimum Gasteiger partial charge on any atom is -0.497 e. The number of nitrogens with one attached hydrogen (secondary N) is 3. The van der Waals surface area contributed by atoms with Gasteiger partial charge in [-0.3, -0.25) is 10.1 Å². The summed E-state index contributed by atoms with van der Waals surface area (Å²) in [5.41, 5.74) is 0.699. The number of methoxy groups -OCH3 is 1. The average Bonchev–Trinajstić information content (AvgIpc) is 3.15. The maximum absolute atomic E-state index is 12.1. The van der Waals surface area contributed by atoms with Gasteiger partial charge in [0.25, 0.3) is 0 Å². The van der Waals surface area contributed by atoms with E-state index in [9.17, 15) is 9.59 Å². The number of anilines is 2.